The Morgan fingerprint density at radius 2 is 1.93 bits per heavy atom. The Hall–Kier alpha value is -1.77. The molecular weight excluding hydrogens is 346 g/mol. The minimum absolute atomic E-state index is 0.0977. The van der Waals surface area contributed by atoms with Gasteiger partial charge in [0.1, 0.15) is 5.75 Å². The monoisotopic (exact) mass is 379 g/mol. The van der Waals surface area contributed by atoms with E-state index in [0.29, 0.717) is 23.3 Å². The second-order valence-electron chi connectivity index (χ2n) is 10.2. The standard InChI is InChI=1S/C25H33NO2/c1-24-13-11-21-18(7-10-22-25(21,2)14-12-23(27)26-22)20(24)9-8-19(24)16-5-4-6-17(15-16)28-3/h4-6,12,14-15,18-22H,7-11,13H2,1-3H3,(H,26,27)/t18-,19?,20-,21+,22?,24+,25+/m0/s1. The first-order chi connectivity index (χ1) is 13.5. The summed E-state index contributed by atoms with van der Waals surface area (Å²) < 4.78 is 5.51. The third-order valence-electron chi connectivity index (χ3n) is 9.18. The Morgan fingerprint density at radius 3 is 2.75 bits per heavy atom. The molecule has 0 aromatic heterocycles. The number of carbonyl (C=O) groups is 1. The van der Waals surface area contributed by atoms with Crippen LogP contribution in [0.5, 0.6) is 5.75 Å². The maximum atomic E-state index is 11.9. The van der Waals surface area contributed by atoms with Crippen molar-refractivity contribution >= 4 is 5.91 Å². The van der Waals surface area contributed by atoms with Gasteiger partial charge in [0.25, 0.3) is 0 Å². The molecule has 28 heavy (non-hydrogen) atoms. The van der Waals surface area contributed by atoms with E-state index < -0.39 is 0 Å². The molecule has 1 aromatic rings. The summed E-state index contributed by atoms with van der Waals surface area (Å²) in [6.07, 6.45) is 11.7. The number of amides is 1. The van der Waals surface area contributed by atoms with Crippen molar-refractivity contribution in [3.63, 3.8) is 0 Å². The molecule has 3 saturated carbocycles. The molecule has 0 bridgehead atoms. The van der Waals surface area contributed by atoms with Crippen molar-refractivity contribution in [1.82, 2.24) is 5.32 Å². The van der Waals surface area contributed by atoms with Gasteiger partial charge in [0, 0.05) is 11.5 Å². The number of hydrogen-bond donors (Lipinski definition) is 1. The van der Waals surface area contributed by atoms with Gasteiger partial charge >= 0.3 is 0 Å². The molecule has 3 fully saturated rings. The number of carbonyl (C=O) groups excluding carboxylic acids is 1. The first kappa shape index (κ1) is 18.3. The molecule has 4 aliphatic rings. The quantitative estimate of drug-likeness (QED) is 0.778. The largest absolute Gasteiger partial charge is 0.497 e. The molecule has 3 heteroatoms. The molecular formula is C25H33NO2. The smallest absolute Gasteiger partial charge is 0.243 e. The van der Waals surface area contributed by atoms with Crippen molar-refractivity contribution in [2.24, 2.45) is 28.6 Å². The summed E-state index contributed by atoms with van der Waals surface area (Å²) in [6, 6.07) is 9.11. The number of ether oxygens (including phenoxy) is 1. The molecule has 1 N–H and O–H groups in total. The highest BCUT2D eigenvalue weighted by Gasteiger charge is 2.59. The first-order valence-corrected chi connectivity index (χ1v) is 11.1. The molecule has 5 rings (SSSR count). The summed E-state index contributed by atoms with van der Waals surface area (Å²) >= 11 is 0. The fourth-order valence-electron chi connectivity index (χ4n) is 7.74. The van der Waals surface area contributed by atoms with E-state index in [1.54, 1.807) is 13.2 Å². The third-order valence-corrected chi connectivity index (χ3v) is 9.18. The Morgan fingerprint density at radius 1 is 1.07 bits per heavy atom. The van der Waals surface area contributed by atoms with E-state index in [9.17, 15) is 4.79 Å². The zero-order valence-corrected chi connectivity index (χ0v) is 17.4. The summed E-state index contributed by atoms with van der Waals surface area (Å²) in [7, 11) is 1.76. The van der Waals surface area contributed by atoms with Gasteiger partial charge in [-0.3, -0.25) is 4.79 Å². The average molecular weight is 380 g/mol. The molecule has 1 heterocycles. The van der Waals surface area contributed by atoms with E-state index in [4.69, 9.17) is 4.74 Å². The van der Waals surface area contributed by atoms with Crippen molar-refractivity contribution in [1.29, 1.82) is 0 Å². The number of fused-ring (bicyclic) bond motifs is 5. The zero-order valence-electron chi connectivity index (χ0n) is 17.4. The van der Waals surface area contributed by atoms with Crippen molar-refractivity contribution in [3.8, 4) is 5.75 Å². The third kappa shape index (κ3) is 2.51. The van der Waals surface area contributed by atoms with Gasteiger partial charge in [-0.05, 0) is 91.4 Å². The van der Waals surface area contributed by atoms with Gasteiger partial charge in [0.05, 0.1) is 7.11 Å². The summed E-state index contributed by atoms with van der Waals surface area (Å²) in [4.78, 5) is 11.9. The minimum atomic E-state index is 0.0977. The lowest BCUT2D eigenvalue weighted by Crippen LogP contribution is -2.59. The summed E-state index contributed by atoms with van der Waals surface area (Å²) in [5, 5.41) is 3.27. The fourth-order valence-corrected chi connectivity index (χ4v) is 7.74. The molecule has 150 valence electrons. The van der Waals surface area contributed by atoms with Crippen LogP contribution in [0.15, 0.2) is 36.4 Å². The van der Waals surface area contributed by atoms with E-state index >= 15 is 0 Å². The molecule has 0 saturated heterocycles. The highest BCUT2D eigenvalue weighted by Crippen LogP contribution is 2.67. The van der Waals surface area contributed by atoms with Crippen LogP contribution in [0, 0.1) is 28.6 Å². The normalized spacial score (nSPS) is 44.2. The van der Waals surface area contributed by atoms with Crippen LogP contribution < -0.4 is 10.1 Å². The van der Waals surface area contributed by atoms with Crippen LogP contribution in [-0.2, 0) is 4.79 Å². The highest BCUT2D eigenvalue weighted by molar-refractivity contribution is 5.89. The lowest BCUT2D eigenvalue weighted by atomic mass is 9.47. The van der Waals surface area contributed by atoms with Crippen molar-refractivity contribution < 1.29 is 9.53 Å². The van der Waals surface area contributed by atoms with Gasteiger partial charge in [-0.1, -0.05) is 32.1 Å². The second-order valence-corrected chi connectivity index (χ2v) is 10.2. The van der Waals surface area contributed by atoms with Crippen LogP contribution in [0.25, 0.3) is 0 Å². The zero-order chi connectivity index (χ0) is 19.5. The fraction of sp³-hybridized carbons (Fsp3) is 0.640. The van der Waals surface area contributed by atoms with Gasteiger partial charge in [0.2, 0.25) is 5.91 Å². The predicted molar refractivity (Wildman–Crippen MR) is 111 cm³/mol. The molecule has 1 aliphatic heterocycles. The van der Waals surface area contributed by atoms with Gasteiger partial charge in [-0.15, -0.1) is 0 Å². The SMILES string of the molecule is COc1cccc(C2CC[C@H]3[C@@H]4CCC5NC(=O)C=C[C@]5(C)[C@@H]4CC[C@]23C)c1. The predicted octanol–water partition coefficient (Wildman–Crippen LogP) is 5.08. The number of benzene rings is 1. The Kier molecular flexibility index (Phi) is 4.16. The summed E-state index contributed by atoms with van der Waals surface area (Å²) in [5.41, 5.74) is 1.98. The maximum Gasteiger partial charge on any atom is 0.243 e. The molecule has 7 atom stereocenters. The van der Waals surface area contributed by atoms with Crippen molar-refractivity contribution in [2.45, 2.75) is 64.3 Å². The van der Waals surface area contributed by atoms with Crippen molar-refractivity contribution in [3.05, 3.63) is 42.0 Å². The van der Waals surface area contributed by atoms with Crippen LogP contribution in [0.1, 0.15) is 63.9 Å². The van der Waals surface area contributed by atoms with E-state index in [2.05, 4.69) is 49.5 Å². The number of hydrogen-bond acceptors (Lipinski definition) is 2. The van der Waals surface area contributed by atoms with Gasteiger partial charge in [0.15, 0.2) is 0 Å². The van der Waals surface area contributed by atoms with Crippen LogP contribution in [-0.4, -0.2) is 19.1 Å². The Labute approximate surface area is 168 Å². The molecule has 0 radical (unpaired) electrons. The number of methoxy groups -OCH3 is 1. The summed E-state index contributed by atoms with van der Waals surface area (Å²) in [5.74, 6) is 4.00. The Balaban J connectivity index is 1.45. The number of rotatable bonds is 2. The van der Waals surface area contributed by atoms with Crippen LogP contribution >= 0.6 is 0 Å². The van der Waals surface area contributed by atoms with E-state index in [1.807, 2.05) is 0 Å². The number of nitrogens with one attached hydrogen (secondary N) is 1. The topological polar surface area (TPSA) is 38.3 Å². The van der Waals surface area contributed by atoms with Crippen LogP contribution in [0.3, 0.4) is 0 Å². The van der Waals surface area contributed by atoms with Gasteiger partial charge in [-0.2, -0.15) is 0 Å². The van der Waals surface area contributed by atoms with Gasteiger partial charge in [-0.25, -0.2) is 0 Å². The minimum Gasteiger partial charge on any atom is -0.497 e. The van der Waals surface area contributed by atoms with Crippen LogP contribution in [0.4, 0.5) is 0 Å². The maximum absolute atomic E-state index is 11.9. The molecule has 2 unspecified atom stereocenters. The molecule has 1 amide bonds. The Bertz CT molecular complexity index is 817. The van der Waals surface area contributed by atoms with Gasteiger partial charge < -0.3 is 10.1 Å². The highest BCUT2D eigenvalue weighted by atomic mass is 16.5. The summed E-state index contributed by atoms with van der Waals surface area (Å²) in [6.45, 7) is 4.97. The van der Waals surface area contributed by atoms with Crippen LogP contribution in [0.2, 0.25) is 0 Å². The molecule has 0 spiro atoms. The van der Waals surface area contributed by atoms with E-state index in [0.717, 1.165) is 24.0 Å². The second kappa shape index (κ2) is 6.37. The molecule has 3 aliphatic carbocycles. The van der Waals surface area contributed by atoms with E-state index in [1.165, 1.54) is 37.7 Å². The van der Waals surface area contributed by atoms with E-state index in [-0.39, 0.29) is 11.3 Å². The average Bonchev–Trinajstić information content (AvgIpc) is 3.06. The molecule has 1 aromatic carbocycles. The van der Waals surface area contributed by atoms with Crippen molar-refractivity contribution in [2.75, 3.05) is 7.11 Å². The molecule has 3 nitrogen and oxygen atoms in total. The lowest BCUT2D eigenvalue weighted by Gasteiger charge is -2.59. The lowest BCUT2D eigenvalue weighted by molar-refractivity contribution is -0.122. The first-order valence-electron chi connectivity index (χ1n) is 11.1.